The largest absolute Gasteiger partial charge is 0.339 e. The minimum atomic E-state index is -3.33. The van der Waals surface area contributed by atoms with Crippen molar-refractivity contribution in [1.29, 1.82) is 0 Å². The van der Waals surface area contributed by atoms with Gasteiger partial charge in [0.25, 0.3) is 0 Å². The first kappa shape index (κ1) is 22.5. The van der Waals surface area contributed by atoms with Crippen LogP contribution < -0.4 is 10.0 Å². The molecule has 0 aliphatic heterocycles. The van der Waals surface area contributed by atoms with Crippen molar-refractivity contribution >= 4 is 27.3 Å². The van der Waals surface area contributed by atoms with Gasteiger partial charge in [0.2, 0.25) is 27.6 Å². The number of aromatic nitrogens is 2. The monoisotopic (exact) mass is 442 g/mol. The van der Waals surface area contributed by atoms with E-state index in [2.05, 4.69) is 34.0 Å². The number of sulfonamides is 1. The van der Waals surface area contributed by atoms with Gasteiger partial charge in [-0.2, -0.15) is 4.98 Å². The second-order valence-corrected chi connectivity index (χ2v) is 9.43. The lowest BCUT2D eigenvalue weighted by atomic mass is 10.0. The van der Waals surface area contributed by atoms with Gasteiger partial charge in [-0.15, -0.1) is 0 Å². The topological polar surface area (TPSA) is 114 Å². The summed E-state index contributed by atoms with van der Waals surface area (Å²) >= 11 is 0. The normalized spacial score (nSPS) is 11.5. The molecule has 3 aromatic rings. The molecule has 0 saturated heterocycles. The van der Waals surface area contributed by atoms with E-state index < -0.39 is 10.0 Å². The molecule has 0 unspecified atom stereocenters. The van der Waals surface area contributed by atoms with Crippen molar-refractivity contribution in [1.82, 2.24) is 10.1 Å². The molecule has 1 heterocycles. The van der Waals surface area contributed by atoms with Crippen LogP contribution in [0.5, 0.6) is 0 Å². The SMILES string of the molecule is CCS(=O)(=O)Nc1ccc(NC(=O)CCc2nc(-c3ccc(C(C)C)cc3)no2)cc1. The second kappa shape index (κ2) is 9.74. The van der Waals surface area contributed by atoms with E-state index in [-0.39, 0.29) is 18.1 Å². The van der Waals surface area contributed by atoms with Gasteiger partial charge in [0.05, 0.1) is 5.75 Å². The predicted molar refractivity (Wildman–Crippen MR) is 120 cm³/mol. The molecule has 0 radical (unpaired) electrons. The van der Waals surface area contributed by atoms with E-state index in [0.29, 0.717) is 35.4 Å². The number of hydrogen-bond acceptors (Lipinski definition) is 6. The Kier molecular flexibility index (Phi) is 7.06. The van der Waals surface area contributed by atoms with E-state index in [0.717, 1.165) is 5.56 Å². The van der Waals surface area contributed by atoms with E-state index in [1.54, 1.807) is 31.2 Å². The molecular formula is C22H26N4O4S. The van der Waals surface area contributed by atoms with Crippen LogP contribution in [0, 0.1) is 0 Å². The smallest absolute Gasteiger partial charge is 0.232 e. The quantitative estimate of drug-likeness (QED) is 0.513. The maximum absolute atomic E-state index is 12.2. The van der Waals surface area contributed by atoms with Crippen molar-refractivity contribution in [3.63, 3.8) is 0 Å². The van der Waals surface area contributed by atoms with E-state index in [1.807, 2.05) is 24.3 Å². The first-order valence-electron chi connectivity index (χ1n) is 10.1. The average Bonchev–Trinajstić information content (AvgIpc) is 3.23. The van der Waals surface area contributed by atoms with Gasteiger partial charge in [0, 0.05) is 29.8 Å². The zero-order valence-electron chi connectivity index (χ0n) is 17.8. The van der Waals surface area contributed by atoms with Crippen LogP contribution in [0.25, 0.3) is 11.4 Å². The van der Waals surface area contributed by atoms with Crippen molar-refractivity contribution in [2.24, 2.45) is 0 Å². The maximum Gasteiger partial charge on any atom is 0.232 e. The maximum atomic E-state index is 12.2. The molecule has 9 heteroatoms. The first-order chi connectivity index (χ1) is 14.8. The second-order valence-electron chi connectivity index (χ2n) is 7.42. The Morgan fingerprint density at radius 2 is 1.68 bits per heavy atom. The zero-order valence-corrected chi connectivity index (χ0v) is 18.6. The lowest BCUT2D eigenvalue weighted by Crippen LogP contribution is -2.15. The molecule has 164 valence electrons. The summed E-state index contributed by atoms with van der Waals surface area (Å²) in [5.41, 5.74) is 3.11. The van der Waals surface area contributed by atoms with Crippen molar-refractivity contribution in [2.75, 3.05) is 15.8 Å². The van der Waals surface area contributed by atoms with Crippen molar-refractivity contribution in [3.05, 3.63) is 60.0 Å². The summed E-state index contributed by atoms with van der Waals surface area (Å²) < 4.78 is 30.9. The van der Waals surface area contributed by atoms with E-state index in [4.69, 9.17) is 4.52 Å². The average molecular weight is 443 g/mol. The molecule has 1 aromatic heterocycles. The Morgan fingerprint density at radius 1 is 1.03 bits per heavy atom. The molecule has 0 fully saturated rings. The van der Waals surface area contributed by atoms with Crippen LogP contribution in [-0.4, -0.2) is 30.2 Å². The van der Waals surface area contributed by atoms with E-state index in [9.17, 15) is 13.2 Å². The van der Waals surface area contributed by atoms with Crippen molar-refractivity contribution in [3.8, 4) is 11.4 Å². The summed E-state index contributed by atoms with van der Waals surface area (Å²) in [4.78, 5) is 16.6. The lowest BCUT2D eigenvalue weighted by Gasteiger charge is -2.08. The van der Waals surface area contributed by atoms with Crippen LogP contribution in [0.15, 0.2) is 53.1 Å². The number of nitrogens with one attached hydrogen (secondary N) is 2. The van der Waals surface area contributed by atoms with Gasteiger partial charge < -0.3 is 9.84 Å². The number of benzene rings is 2. The summed E-state index contributed by atoms with van der Waals surface area (Å²) in [6, 6.07) is 14.5. The Labute approximate surface area is 182 Å². The Morgan fingerprint density at radius 3 is 2.29 bits per heavy atom. The fraction of sp³-hybridized carbons (Fsp3) is 0.318. The van der Waals surface area contributed by atoms with E-state index in [1.165, 1.54) is 5.56 Å². The Bertz CT molecular complexity index is 1120. The third-order valence-electron chi connectivity index (χ3n) is 4.69. The Hall–Kier alpha value is -3.20. The first-order valence-corrected chi connectivity index (χ1v) is 11.7. The van der Waals surface area contributed by atoms with Crippen LogP contribution in [0.3, 0.4) is 0 Å². The van der Waals surface area contributed by atoms with Gasteiger partial charge in [-0.25, -0.2) is 8.42 Å². The molecule has 2 aromatic carbocycles. The van der Waals surface area contributed by atoms with Crippen LogP contribution in [0.2, 0.25) is 0 Å². The molecule has 2 N–H and O–H groups in total. The highest BCUT2D eigenvalue weighted by molar-refractivity contribution is 7.92. The summed E-state index contributed by atoms with van der Waals surface area (Å²) in [5, 5.41) is 6.76. The lowest BCUT2D eigenvalue weighted by molar-refractivity contribution is -0.116. The minimum Gasteiger partial charge on any atom is -0.339 e. The molecule has 8 nitrogen and oxygen atoms in total. The fourth-order valence-electron chi connectivity index (χ4n) is 2.81. The molecule has 0 saturated carbocycles. The number of carbonyl (C=O) groups excluding carboxylic acids is 1. The van der Waals surface area contributed by atoms with Crippen molar-refractivity contribution < 1.29 is 17.7 Å². The molecular weight excluding hydrogens is 416 g/mol. The number of nitrogens with zero attached hydrogens (tertiary/aromatic N) is 2. The number of anilines is 2. The number of aryl methyl sites for hydroxylation is 1. The van der Waals surface area contributed by atoms with Gasteiger partial charge in [0.15, 0.2) is 0 Å². The molecule has 0 spiro atoms. The van der Waals surface area contributed by atoms with Crippen LogP contribution in [0.4, 0.5) is 11.4 Å². The summed E-state index contributed by atoms with van der Waals surface area (Å²) in [5.74, 6) is 1.12. The third-order valence-corrected chi connectivity index (χ3v) is 6.00. The number of carbonyl (C=O) groups is 1. The van der Waals surface area contributed by atoms with Gasteiger partial charge in [-0.1, -0.05) is 43.3 Å². The van der Waals surface area contributed by atoms with Gasteiger partial charge in [-0.3, -0.25) is 9.52 Å². The zero-order chi connectivity index (χ0) is 22.4. The van der Waals surface area contributed by atoms with Gasteiger partial charge >= 0.3 is 0 Å². The van der Waals surface area contributed by atoms with Crippen LogP contribution >= 0.6 is 0 Å². The number of hydrogen-bond donors (Lipinski definition) is 2. The van der Waals surface area contributed by atoms with Crippen molar-refractivity contribution in [2.45, 2.75) is 39.5 Å². The summed E-state index contributed by atoms with van der Waals surface area (Å²) in [6.07, 6.45) is 0.495. The highest BCUT2D eigenvalue weighted by atomic mass is 32.2. The highest BCUT2D eigenvalue weighted by Crippen LogP contribution is 2.21. The highest BCUT2D eigenvalue weighted by Gasteiger charge is 2.12. The summed E-state index contributed by atoms with van der Waals surface area (Å²) in [6.45, 7) is 5.83. The molecule has 1 amide bonds. The van der Waals surface area contributed by atoms with E-state index >= 15 is 0 Å². The standard InChI is InChI=1S/C22H26N4O4S/c1-4-31(28,29)26-19-11-9-18(10-12-19)23-20(27)13-14-21-24-22(25-30-21)17-7-5-16(6-8-17)15(2)3/h5-12,15,26H,4,13-14H2,1-3H3,(H,23,27). The number of rotatable bonds is 9. The van der Waals surface area contributed by atoms with Gasteiger partial charge in [0.1, 0.15) is 0 Å². The predicted octanol–water partition coefficient (Wildman–Crippen LogP) is 4.19. The minimum absolute atomic E-state index is 0.00781. The molecule has 3 rings (SSSR count). The molecule has 0 aliphatic rings. The molecule has 31 heavy (non-hydrogen) atoms. The molecule has 0 bridgehead atoms. The molecule has 0 atom stereocenters. The summed E-state index contributed by atoms with van der Waals surface area (Å²) in [7, 11) is -3.33. The van der Waals surface area contributed by atoms with Crippen LogP contribution in [0.1, 0.15) is 44.6 Å². The third kappa shape index (κ3) is 6.39. The molecule has 0 aliphatic carbocycles. The Balaban J connectivity index is 1.52. The fourth-order valence-corrected chi connectivity index (χ4v) is 3.45. The number of amides is 1. The van der Waals surface area contributed by atoms with Crippen LogP contribution in [-0.2, 0) is 21.2 Å². The van der Waals surface area contributed by atoms with Gasteiger partial charge in [-0.05, 0) is 42.7 Å².